The van der Waals surface area contributed by atoms with Crippen LogP contribution in [0.25, 0.3) is 0 Å². The highest BCUT2D eigenvalue weighted by molar-refractivity contribution is 7.85. The molecule has 0 saturated carbocycles. The molecule has 0 amide bonds. The molecule has 0 aliphatic heterocycles. The van der Waals surface area contributed by atoms with Crippen LogP contribution < -0.4 is 5.32 Å². The molecule has 0 bridgehead atoms. The highest BCUT2D eigenvalue weighted by Gasteiger charge is 2.16. The van der Waals surface area contributed by atoms with Gasteiger partial charge in [-0.2, -0.15) is 0 Å². The molecule has 120 valence electrons. The second-order valence-electron chi connectivity index (χ2n) is 5.88. The highest BCUT2D eigenvalue weighted by Crippen LogP contribution is 2.20. The zero-order valence-corrected chi connectivity index (χ0v) is 14.9. The number of hydrogen-bond acceptors (Lipinski definition) is 2. The van der Waals surface area contributed by atoms with Crippen LogP contribution in [0.3, 0.4) is 0 Å². The second kappa shape index (κ2) is 10.1. The molecule has 1 aromatic rings. The largest absolute Gasteiger partial charge is 0.309 e. The molecule has 1 rings (SSSR count). The molecule has 21 heavy (non-hydrogen) atoms. The van der Waals surface area contributed by atoms with Crippen LogP contribution >= 0.6 is 0 Å². The number of aryl methyl sites for hydroxylation is 2. The third-order valence-corrected chi connectivity index (χ3v) is 5.22. The Morgan fingerprint density at radius 2 is 1.90 bits per heavy atom. The van der Waals surface area contributed by atoms with E-state index in [1.54, 1.807) is 0 Å². The van der Waals surface area contributed by atoms with Crippen LogP contribution in [0.2, 0.25) is 0 Å². The van der Waals surface area contributed by atoms with E-state index in [0.29, 0.717) is 0 Å². The Bertz CT molecular complexity index is 445. The summed E-state index contributed by atoms with van der Waals surface area (Å²) in [6.07, 6.45) is 4.55. The summed E-state index contributed by atoms with van der Waals surface area (Å²) in [5, 5.41) is 3.57. The fourth-order valence-electron chi connectivity index (χ4n) is 2.58. The Morgan fingerprint density at radius 1 is 1.14 bits per heavy atom. The van der Waals surface area contributed by atoms with E-state index in [1.165, 1.54) is 29.5 Å². The first-order valence-electron chi connectivity index (χ1n) is 8.24. The molecule has 0 saturated heterocycles. The van der Waals surface area contributed by atoms with Gasteiger partial charge in [0.05, 0.1) is 0 Å². The van der Waals surface area contributed by atoms with Crippen molar-refractivity contribution >= 4 is 10.8 Å². The minimum atomic E-state index is -0.732. The lowest BCUT2D eigenvalue weighted by atomic mass is 10.00. The quantitative estimate of drug-likeness (QED) is 0.654. The normalized spacial score (nSPS) is 14.1. The van der Waals surface area contributed by atoms with Crippen LogP contribution in [0.4, 0.5) is 0 Å². The predicted molar refractivity (Wildman–Crippen MR) is 94.4 cm³/mol. The van der Waals surface area contributed by atoms with Gasteiger partial charge in [-0.05, 0) is 44.4 Å². The van der Waals surface area contributed by atoms with Crippen LogP contribution in [-0.2, 0) is 10.8 Å². The van der Waals surface area contributed by atoms with Gasteiger partial charge < -0.3 is 5.32 Å². The Hall–Kier alpha value is -0.670. The lowest BCUT2D eigenvalue weighted by molar-refractivity contribution is 0.566. The fourth-order valence-corrected chi connectivity index (χ4v) is 3.94. The van der Waals surface area contributed by atoms with Gasteiger partial charge in [-0.1, -0.05) is 50.5 Å². The van der Waals surface area contributed by atoms with Gasteiger partial charge in [-0.15, -0.1) is 0 Å². The third-order valence-electron chi connectivity index (χ3n) is 3.77. The summed E-state index contributed by atoms with van der Waals surface area (Å²) in [7, 11) is -0.732. The molecule has 0 spiro atoms. The molecule has 3 heteroatoms. The zero-order chi connectivity index (χ0) is 15.7. The van der Waals surface area contributed by atoms with Crippen molar-refractivity contribution in [2.75, 3.05) is 18.1 Å². The first kappa shape index (κ1) is 18.4. The average Bonchev–Trinajstić information content (AvgIpc) is 2.44. The average molecular weight is 310 g/mol. The smallest absolute Gasteiger partial charge is 0.0439 e. The van der Waals surface area contributed by atoms with Crippen molar-refractivity contribution < 1.29 is 4.21 Å². The lowest BCUT2D eigenvalue weighted by Crippen LogP contribution is -2.28. The van der Waals surface area contributed by atoms with E-state index >= 15 is 0 Å². The molecular weight excluding hydrogens is 278 g/mol. The Labute approximate surface area is 133 Å². The second-order valence-corrected chi connectivity index (χ2v) is 7.51. The highest BCUT2D eigenvalue weighted by atomic mass is 32.2. The fraction of sp³-hybridized carbons (Fsp3) is 0.667. The molecule has 0 heterocycles. The maximum Gasteiger partial charge on any atom is 0.0439 e. The maximum atomic E-state index is 12.3. The van der Waals surface area contributed by atoms with E-state index in [9.17, 15) is 4.21 Å². The summed E-state index contributed by atoms with van der Waals surface area (Å²) in [6.45, 7) is 9.61. The van der Waals surface area contributed by atoms with Crippen molar-refractivity contribution in [1.29, 1.82) is 0 Å². The summed E-state index contributed by atoms with van der Waals surface area (Å²) >= 11 is 0. The van der Waals surface area contributed by atoms with E-state index in [1.807, 2.05) is 0 Å². The Kier molecular flexibility index (Phi) is 8.86. The van der Waals surface area contributed by atoms with E-state index in [2.05, 4.69) is 51.2 Å². The molecule has 2 unspecified atom stereocenters. The first-order valence-corrected chi connectivity index (χ1v) is 9.72. The van der Waals surface area contributed by atoms with E-state index < -0.39 is 10.8 Å². The number of benzene rings is 1. The molecule has 2 nitrogen and oxygen atoms in total. The van der Waals surface area contributed by atoms with Gasteiger partial charge in [0.1, 0.15) is 0 Å². The van der Waals surface area contributed by atoms with Crippen LogP contribution in [0.1, 0.15) is 62.3 Å². The van der Waals surface area contributed by atoms with Crippen molar-refractivity contribution in [1.82, 2.24) is 5.32 Å². The molecule has 0 aromatic heterocycles. The van der Waals surface area contributed by atoms with Crippen molar-refractivity contribution in [3.05, 3.63) is 34.9 Å². The van der Waals surface area contributed by atoms with E-state index in [-0.39, 0.29) is 6.04 Å². The van der Waals surface area contributed by atoms with Crippen molar-refractivity contribution in [3.63, 3.8) is 0 Å². The van der Waals surface area contributed by atoms with E-state index in [0.717, 1.165) is 30.9 Å². The minimum absolute atomic E-state index is 0.216. The molecule has 2 atom stereocenters. The molecule has 0 aliphatic rings. The summed E-state index contributed by atoms with van der Waals surface area (Å²) in [5.41, 5.74) is 3.89. The van der Waals surface area contributed by atoms with Gasteiger partial charge in [0.2, 0.25) is 0 Å². The molecule has 1 aromatic carbocycles. The topological polar surface area (TPSA) is 29.1 Å². The van der Waals surface area contributed by atoms with Crippen LogP contribution in [-0.4, -0.2) is 22.3 Å². The van der Waals surface area contributed by atoms with Crippen molar-refractivity contribution in [2.45, 2.75) is 59.4 Å². The Balaban J connectivity index is 2.72. The number of hydrogen-bond donors (Lipinski definition) is 1. The number of unbranched alkanes of at least 4 members (excludes halogenated alkanes) is 2. The summed E-state index contributed by atoms with van der Waals surface area (Å²) in [5.74, 6) is 1.57. The molecule has 0 radical (unpaired) electrons. The summed E-state index contributed by atoms with van der Waals surface area (Å²) < 4.78 is 12.3. The van der Waals surface area contributed by atoms with E-state index in [4.69, 9.17) is 0 Å². The van der Waals surface area contributed by atoms with Crippen molar-refractivity contribution in [2.24, 2.45) is 0 Å². The summed E-state index contributed by atoms with van der Waals surface area (Å²) in [4.78, 5) is 0. The number of rotatable bonds is 10. The van der Waals surface area contributed by atoms with Gasteiger partial charge in [0.15, 0.2) is 0 Å². The zero-order valence-electron chi connectivity index (χ0n) is 14.1. The van der Waals surface area contributed by atoms with Gasteiger partial charge in [-0.3, -0.25) is 4.21 Å². The number of nitrogens with one attached hydrogen (secondary N) is 1. The molecule has 0 aliphatic carbocycles. The van der Waals surface area contributed by atoms with Crippen molar-refractivity contribution in [3.8, 4) is 0 Å². The van der Waals surface area contributed by atoms with Gasteiger partial charge in [0, 0.05) is 28.3 Å². The standard InChI is InChI=1S/C18H31NOS/c1-5-7-8-12-21(20)14-18(19-11-6-2)17-10-9-15(3)13-16(17)4/h9-10,13,18-19H,5-8,11-12,14H2,1-4H3. The SMILES string of the molecule is CCCCCS(=O)CC(NCCC)c1ccc(C)cc1C. The molecule has 1 N–H and O–H groups in total. The monoisotopic (exact) mass is 309 g/mol. The van der Waals surface area contributed by atoms with Crippen LogP contribution in [0, 0.1) is 13.8 Å². The minimum Gasteiger partial charge on any atom is -0.309 e. The van der Waals surface area contributed by atoms with Gasteiger partial charge >= 0.3 is 0 Å². The lowest BCUT2D eigenvalue weighted by Gasteiger charge is -2.21. The third kappa shape index (κ3) is 6.75. The maximum absolute atomic E-state index is 12.3. The summed E-state index contributed by atoms with van der Waals surface area (Å²) in [6, 6.07) is 6.79. The van der Waals surface area contributed by atoms with Crippen LogP contribution in [0.5, 0.6) is 0 Å². The molecular formula is C18H31NOS. The van der Waals surface area contributed by atoms with Gasteiger partial charge in [0.25, 0.3) is 0 Å². The predicted octanol–water partition coefficient (Wildman–Crippen LogP) is 4.28. The molecule has 0 fully saturated rings. The Morgan fingerprint density at radius 3 is 2.52 bits per heavy atom. The van der Waals surface area contributed by atoms with Crippen LogP contribution in [0.15, 0.2) is 18.2 Å². The first-order chi connectivity index (χ1) is 10.1. The van der Waals surface area contributed by atoms with Gasteiger partial charge in [-0.25, -0.2) is 0 Å².